The van der Waals surface area contributed by atoms with Crippen LogP contribution < -0.4 is 4.80 Å². The number of carbonyl (C=O) groups is 2. The van der Waals surface area contributed by atoms with Crippen molar-refractivity contribution in [2.45, 2.75) is 13.5 Å². The van der Waals surface area contributed by atoms with E-state index in [2.05, 4.69) is 4.99 Å². The Balaban J connectivity index is 1.92. The number of benzene rings is 2. The van der Waals surface area contributed by atoms with E-state index in [1.165, 1.54) is 59.2 Å². The molecule has 3 aromatic rings. The van der Waals surface area contributed by atoms with E-state index < -0.39 is 22.6 Å². The lowest BCUT2D eigenvalue weighted by Crippen LogP contribution is -2.22. The summed E-state index contributed by atoms with van der Waals surface area (Å²) in [4.78, 5) is 38.7. The minimum absolute atomic E-state index is 0.0549. The molecule has 0 aliphatic rings. The highest BCUT2D eigenvalue weighted by atomic mass is 32.1. The Morgan fingerprint density at radius 2 is 2.00 bits per heavy atom. The summed E-state index contributed by atoms with van der Waals surface area (Å²) in [6.07, 6.45) is 2.68. The SMILES string of the molecule is CCOC(=O)Cn1c(=NC(=O)C=Cc2ccc([N+](=O)[O-])cc2)sc2cc(F)ccc21. The largest absolute Gasteiger partial charge is 0.465 e. The minimum Gasteiger partial charge on any atom is -0.465 e. The first-order valence-electron chi connectivity index (χ1n) is 8.83. The summed E-state index contributed by atoms with van der Waals surface area (Å²) in [6.45, 7) is 1.72. The number of hydrogen-bond donors (Lipinski definition) is 0. The topological polar surface area (TPSA) is 104 Å². The Morgan fingerprint density at radius 1 is 1.27 bits per heavy atom. The third-order valence-electron chi connectivity index (χ3n) is 3.97. The molecule has 0 radical (unpaired) electrons. The number of hydrogen-bond acceptors (Lipinski definition) is 6. The molecule has 0 saturated heterocycles. The predicted octanol–water partition coefficient (Wildman–Crippen LogP) is 3.45. The monoisotopic (exact) mass is 429 g/mol. The Morgan fingerprint density at radius 3 is 2.67 bits per heavy atom. The minimum atomic E-state index is -0.599. The van der Waals surface area contributed by atoms with Crippen LogP contribution in [0.5, 0.6) is 0 Å². The van der Waals surface area contributed by atoms with Gasteiger partial charge in [0, 0.05) is 18.2 Å². The number of nitrogens with zero attached hydrogens (tertiary/aromatic N) is 3. The van der Waals surface area contributed by atoms with Crippen LogP contribution in [-0.4, -0.2) is 28.0 Å². The molecular formula is C20H16FN3O5S. The summed E-state index contributed by atoms with van der Waals surface area (Å²) >= 11 is 1.07. The Kier molecular flexibility index (Phi) is 6.48. The van der Waals surface area contributed by atoms with E-state index in [4.69, 9.17) is 4.74 Å². The molecule has 3 rings (SSSR count). The number of nitro benzene ring substituents is 1. The maximum Gasteiger partial charge on any atom is 0.326 e. The van der Waals surface area contributed by atoms with Gasteiger partial charge in [-0.05, 0) is 48.9 Å². The third kappa shape index (κ3) is 5.03. The number of non-ortho nitro benzene ring substituents is 1. The molecule has 30 heavy (non-hydrogen) atoms. The lowest BCUT2D eigenvalue weighted by atomic mass is 10.2. The standard InChI is InChI=1S/C20H16FN3O5S/c1-2-29-19(26)12-23-16-9-6-14(21)11-17(16)30-20(23)22-18(25)10-5-13-3-7-15(8-4-13)24(27)28/h3-11H,2,12H2,1H3. The van der Waals surface area contributed by atoms with Crippen molar-refractivity contribution in [3.63, 3.8) is 0 Å². The lowest BCUT2D eigenvalue weighted by molar-refractivity contribution is -0.384. The molecule has 0 saturated carbocycles. The normalized spacial score (nSPS) is 11.9. The van der Waals surface area contributed by atoms with E-state index in [-0.39, 0.29) is 23.6 Å². The van der Waals surface area contributed by atoms with Crippen LogP contribution in [0.3, 0.4) is 0 Å². The first-order chi connectivity index (χ1) is 14.4. The van der Waals surface area contributed by atoms with Crippen LogP contribution in [0.2, 0.25) is 0 Å². The molecule has 1 amide bonds. The molecule has 0 atom stereocenters. The number of carbonyl (C=O) groups excluding carboxylic acids is 2. The molecular weight excluding hydrogens is 413 g/mol. The molecule has 0 aliphatic heterocycles. The van der Waals surface area contributed by atoms with Crippen LogP contribution in [0.25, 0.3) is 16.3 Å². The van der Waals surface area contributed by atoms with Crippen molar-refractivity contribution in [1.29, 1.82) is 0 Å². The van der Waals surface area contributed by atoms with E-state index >= 15 is 0 Å². The third-order valence-corrected chi connectivity index (χ3v) is 5.01. The van der Waals surface area contributed by atoms with Gasteiger partial charge < -0.3 is 9.30 Å². The van der Waals surface area contributed by atoms with Crippen molar-refractivity contribution in [1.82, 2.24) is 4.57 Å². The molecule has 0 bridgehead atoms. The number of nitro groups is 1. The van der Waals surface area contributed by atoms with Crippen LogP contribution in [0.4, 0.5) is 10.1 Å². The number of esters is 1. The summed E-state index contributed by atoms with van der Waals surface area (Å²) in [5, 5.41) is 10.7. The summed E-state index contributed by atoms with van der Waals surface area (Å²) in [5.41, 5.74) is 1.09. The van der Waals surface area contributed by atoms with E-state index in [1.54, 1.807) is 6.92 Å². The zero-order chi connectivity index (χ0) is 21.7. The van der Waals surface area contributed by atoms with Gasteiger partial charge in [-0.2, -0.15) is 4.99 Å². The summed E-state index contributed by atoms with van der Waals surface area (Å²) in [7, 11) is 0. The Hall–Kier alpha value is -3.66. The average Bonchev–Trinajstić information content (AvgIpc) is 3.02. The van der Waals surface area contributed by atoms with Gasteiger partial charge in [-0.1, -0.05) is 11.3 Å². The number of ether oxygens (including phenoxy) is 1. The number of halogens is 1. The van der Waals surface area contributed by atoms with Gasteiger partial charge in [0.2, 0.25) is 0 Å². The van der Waals surface area contributed by atoms with Gasteiger partial charge >= 0.3 is 5.97 Å². The number of fused-ring (bicyclic) bond motifs is 1. The van der Waals surface area contributed by atoms with Crippen LogP contribution >= 0.6 is 11.3 Å². The van der Waals surface area contributed by atoms with Gasteiger partial charge in [0.25, 0.3) is 11.6 Å². The zero-order valence-electron chi connectivity index (χ0n) is 15.8. The van der Waals surface area contributed by atoms with Gasteiger partial charge in [-0.3, -0.25) is 19.7 Å². The highest BCUT2D eigenvalue weighted by Crippen LogP contribution is 2.19. The van der Waals surface area contributed by atoms with Crippen LogP contribution in [-0.2, 0) is 20.9 Å². The summed E-state index contributed by atoms with van der Waals surface area (Å²) in [5.74, 6) is -1.54. The molecule has 1 heterocycles. The van der Waals surface area contributed by atoms with Crippen molar-refractivity contribution in [2.24, 2.45) is 4.99 Å². The molecule has 0 N–H and O–H groups in total. The maximum atomic E-state index is 13.6. The first-order valence-corrected chi connectivity index (χ1v) is 9.64. The fraction of sp³-hybridized carbons (Fsp3) is 0.150. The van der Waals surface area contributed by atoms with Gasteiger partial charge in [0.1, 0.15) is 12.4 Å². The van der Waals surface area contributed by atoms with Crippen molar-refractivity contribution in [2.75, 3.05) is 6.61 Å². The molecule has 1 aromatic heterocycles. The van der Waals surface area contributed by atoms with Gasteiger partial charge in [-0.15, -0.1) is 0 Å². The zero-order valence-corrected chi connectivity index (χ0v) is 16.6. The van der Waals surface area contributed by atoms with E-state index in [0.29, 0.717) is 15.8 Å². The van der Waals surface area contributed by atoms with Crippen molar-refractivity contribution in [3.8, 4) is 0 Å². The fourth-order valence-corrected chi connectivity index (χ4v) is 3.69. The lowest BCUT2D eigenvalue weighted by Gasteiger charge is -2.04. The van der Waals surface area contributed by atoms with Crippen molar-refractivity contribution < 1.29 is 23.6 Å². The quantitative estimate of drug-likeness (QED) is 0.258. The molecule has 0 aliphatic carbocycles. The van der Waals surface area contributed by atoms with E-state index in [0.717, 1.165) is 11.3 Å². The first kappa shape index (κ1) is 21.1. The Labute approximate surface area is 173 Å². The molecule has 154 valence electrons. The number of thiazole rings is 1. The average molecular weight is 429 g/mol. The second-order valence-electron chi connectivity index (χ2n) is 6.02. The molecule has 10 heteroatoms. The van der Waals surface area contributed by atoms with Crippen LogP contribution in [0.15, 0.2) is 53.5 Å². The van der Waals surface area contributed by atoms with Crippen molar-refractivity contribution >= 4 is 45.2 Å². The molecule has 0 spiro atoms. The predicted molar refractivity (Wildman–Crippen MR) is 109 cm³/mol. The molecule has 2 aromatic carbocycles. The summed E-state index contributed by atoms with van der Waals surface area (Å²) in [6, 6.07) is 9.74. The molecule has 0 unspecified atom stereocenters. The second-order valence-corrected chi connectivity index (χ2v) is 7.03. The maximum absolute atomic E-state index is 13.6. The smallest absolute Gasteiger partial charge is 0.326 e. The highest BCUT2D eigenvalue weighted by molar-refractivity contribution is 7.16. The summed E-state index contributed by atoms with van der Waals surface area (Å²) < 4.78 is 20.6. The van der Waals surface area contributed by atoms with Gasteiger partial charge in [0.05, 0.1) is 21.7 Å². The number of amides is 1. The van der Waals surface area contributed by atoms with Crippen LogP contribution in [0.1, 0.15) is 12.5 Å². The molecule has 0 fully saturated rings. The number of aromatic nitrogens is 1. The van der Waals surface area contributed by atoms with E-state index in [1.807, 2.05) is 0 Å². The van der Waals surface area contributed by atoms with E-state index in [9.17, 15) is 24.1 Å². The fourth-order valence-electron chi connectivity index (χ4n) is 2.63. The Bertz CT molecular complexity index is 1210. The van der Waals surface area contributed by atoms with Gasteiger partial charge in [-0.25, -0.2) is 4.39 Å². The highest BCUT2D eigenvalue weighted by Gasteiger charge is 2.12. The second kappa shape index (κ2) is 9.23. The van der Waals surface area contributed by atoms with Crippen molar-refractivity contribution in [3.05, 3.63) is 74.8 Å². The molecule has 8 nitrogen and oxygen atoms in total. The van der Waals surface area contributed by atoms with Gasteiger partial charge in [0.15, 0.2) is 4.80 Å². The number of rotatable bonds is 6. The van der Waals surface area contributed by atoms with Crippen LogP contribution in [0, 0.1) is 15.9 Å².